The van der Waals surface area contributed by atoms with Gasteiger partial charge in [0.15, 0.2) is 0 Å². The number of methoxy groups -OCH3 is 1. The SMILES string of the molecule is COC(=O)C(CN1CCCCCC1)c1ccco1. The number of nitrogens with zero attached hydrogens (tertiary/aromatic N) is 1. The summed E-state index contributed by atoms with van der Waals surface area (Å²) in [6.07, 6.45) is 6.62. The number of carbonyl (C=O) groups is 1. The van der Waals surface area contributed by atoms with E-state index in [-0.39, 0.29) is 11.9 Å². The van der Waals surface area contributed by atoms with E-state index < -0.39 is 0 Å². The predicted molar refractivity (Wildman–Crippen MR) is 68.4 cm³/mol. The van der Waals surface area contributed by atoms with Gasteiger partial charge in [0.05, 0.1) is 13.4 Å². The summed E-state index contributed by atoms with van der Waals surface area (Å²) in [4.78, 5) is 14.2. The normalized spacial score (nSPS) is 19.2. The summed E-state index contributed by atoms with van der Waals surface area (Å²) in [6, 6.07) is 3.66. The molecule has 2 heterocycles. The van der Waals surface area contributed by atoms with Crippen molar-refractivity contribution in [3.63, 3.8) is 0 Å². The van der Waals surface area contributed by atoms with E-state index in [1.54, 1.807) is 6.26 Å². The van der Waals surface area contributed by atoms with Gasteiger partial charge in [-0.25, -0.2) is 0 Å². The van der Waals surface area contributed by atoms with Gasteiger partial charge in [-0.2, -0.15) is 0 Å². The summed E-state index contributed by atoms with van der Waals surface area (Å²) in [7, 11) is 1.43. The number of hydrogen-bond acceptors (Lipinski definition) is 4. The highest BCUT2D eigenvalue weighted by Gasteiger charge is 2.26. The maximum Gasteiger partial charge on any atom is 0.317 e. The van der Waals surface area contributed by atoms with Crippen LogP contribution in [0.3, 0.4) is 0 Å². The molecule has 0 N–H and O–H groups in total. The van der Waals surface area contributed by atoms with E-state index in [0.717, 1.165) is 13.1 Å². The van der Waals surface area contributed by atoms with E-state index in [9.17, 15) is 4.79 Å². The number of likely N-dealkylation sites (tertiary alicyclic amines) is 1. The standard InChI is InChI=1S/C14H21NO3/c1-17-14(16)12(13-7-6-10-18-13)11-15-8-4-2-3-5-9-15/h6-7,10,12H,2-5,8-9,11H2,1H3. The molecule has 1 aliphatic heterocycles. The topological polar surface area (TPSA) is 42.7 Å². The first-order valence-corrected chi connectivity index (χ1v) is 6.65. The second-order valence-electron chi connectivity index (χ2n) is 4.81. The summed E-state index contributed by atoms with van der Waals surface area (Å²) in [5.41, 5.74) is 0. The average Bonchev–Trinajstić information content (AvgIpc) is 2.79. The Bertz CT molecular complexity index is 353. The summed E-state index contributed by atoms with van der Waals surface area (Å²) in [5.74, 6) is 0.184. The first-order valence-electron chi connectivity index (χ1n) is 6.65. The van der Waals surface area contributed by atoms with Gasteiger partial charge in [-0.3, -0.25) is 4.79 Å². The highest BCUT2D eigenvalue weighted by molar-refractivity contribution is 5.77. The molecule has 1 fully saturated rings. The smallest absolute Gasteiger partial charge is 0.317 e. The molecule has 0 aromatic carbocycles. The van der Waals surface area contributed by atoms with Gasteiger partial charge < -0.3 is 14.1 Å². The fourth-order valence-corrected chi connectivity index (χ4v) is 2.49. The number of furan rings is 1. The quantitative estimate of drug-likeness (QED) is 0.771. The van der Waals surface area contributed by atoms with Crippen LogP contribution >= 0.6 is 0 Å². The lowest BCUT2D eigenvalue weighted by Crippen LogP contribution is -2.33. The Balaban J connectivity index is 2.02. The van der Waals surface area contributed by atoms with Gasteiger partial charge in [-0.1, -0.05) is 12.8 Å². The fraction of sp³-hybridized carbons (Fsp3) is 0.643. The van der Waals surface area contributed by atoms with Gasteiger partial charge in [0.1, 0.15) is 11.7 Å². The molecule has 1 aromatic heterocycles. The maximum atomic E-state index is 11.9. The largest absolute Gasteiger partial charge is 0.468 e. The summed E-state index contributed by atoms with van der Waals surface area (Å²) >= 11 is 0. The third-order valence-corrected chi connectivity index (χ3v) is 3.51. The van der Waals surface area contributed by atoms with Crippen LogP contribution in [0.1, 0.15) is 37.4 Å². The van der Waals surface area contributed by atoms with Crippen LogP contribution in [-0.4, -0.2) is 37.6 Å². The molecule has 1 aromatic rings. The van der Waals surface area contributed by atoms with Crippen molar-refractivity contribution in [2.45, 2.75) is 31.6 Å². The Labute approximate surface area is 108 Å². The van der Waals surface area contributed by atoms with Crippen molar-refractivity contribution in [1.29, 1.82) is 0 Å². The highest BCUT2D eigenvalue weighted by atomic mass is 16.5. The molecular formula is C14H21NO3. The lowest BCUT2D eigenvalue weighted by Gasteiger charge is -2.23. The Morgan fingerprint density at radius 1 is 1.39 bits per heavy atom. The fourth-order valence-electron chi connectivity index (χ4n) is 2.49. The second kappa shape index (κ2) is 6.59. The number of esters is 1. The van der Waals surface area contributed by atoms with E-state index in [4.69, 9.17) is 9.15 Å². The van der Waals surface area contributed by atoms with Crippen LogP contribution < -0.4 is 0 Å². The molecule has 0 spiro atoms. The molecule has 0 radical (unpaired) electrons. The molecule has 1 aliphatic rings. The lowest BCUT2D eigenvalue weighted by molar-refractivity contribution is -0.143. The Kier molecular flexibility index (Phi) is 4.81. The number of carbonyl (C=O) groups excluding carboxylic acids is 1. The molecule has 0 aliphatic carbocycles. The van der Waals surface area contributed by atoms with Gasteiger partial charge in [0, 0.05) is 6.54 Å². The van der Waals surface area contributed by atoms with Crippen LogP contribution in [-0.2, 0) is 9.53 Å². The Morgan fingerprint density at radius 3 is 2.67 bits per heavy atom. The van der Waals surface area contributed by atoms with Crippen LogP contribution in [0, 0.1) is 0 Å². The minimum atomic E-state index is -0.303. The Morgan fingerprint density at radius 2 is 2.11 bits per heavy atom. The minimum Gasteiger partial charge on any atom is -0.468 e. The molecule has 1 unspecified atom stereocenters. The molecule has 100 valence electrons. The molecule has 0 bridgehead atoms. The van der Waals surface area contributed by atoms with Crippen molar-refractivity contribution in [2.24, 2.45) is 0 Å². The van der Waals surface area contributed by atoms with Crippen molar-refractivity contribution in [1.82, 2.24) is 4.90 Å². The highest BCUT2D eigenvalue weighted by Crippen LogP contribution is 2.21. The predicted octanol–water partition coefficient (Wildman–Crippen LogP) is 2.41. The zero-order chi connectivity index (χ0) is 12.8. The first kappa shape index (κ1) is 13.1. The second-order valence-corrected chi connectivity index (χ2v) is 4.81. The number of ether oxygens (including phenoxy) is 1. The molecule has 2 rings (SSSR count). The van der Waals surface area contributed by atoms with E-state index in [0.29, 0.717) is 12.3 Å². The van der Waals surface area contributed by atoms with Crippen LogP contribution in [0.25, 0.3) is 0 Å². The number of hydrogen-bond donors (Lipinski definition) is 0. The van der Waals surface area contributed by atoms with Crippen molar-refractivity contribution >= 4 is 5.97 Å². The summed E-state index contributed by atoms with van der Waals surface area (Å²) in [6.45, 7) is 2.82. The number of rotatable bonds is 4. The Hall–Kier alpha value is -1.29. The third kappa shape index (κ3) is 3.35. The molecule has 0 amide bonds. The summed E-state index contributed by atoms with van der Waals surface area (Å²) < 4.78 is 10.2. The molecule has 4 heteroatoms. The average molecular weight is 251 g/mol. The van der Waals surface area contributed by atoms with E-state index in [1.165, 1.54) is 32.8 Å². The van der Waals surface area contributed by atoms with E-state index in [1.807, 2.05) is 12.1 Å². The maximum absolute atomic E-state index is 11.9. The first-order chi connectivity index (χ1) is 8.81. The zero-order valence-corrected chi connectivity index (χ0v) is 10.9. The van der Waals surface area contributed by atoms with Gasteiger partial charge >= 0.3 is 5.97 Å². The van der Waals surface area contributed by atoms with Crippen LogP contribution in [0.5, 0.6) is 0 Å². The molecular weight excluding hydrogens is 230 g/mol. The monoisotopic (exact) mass is 251 g/mol. The summed E-state index contributed by atoms with van der Waals surface area (Å²) in [5, 5.41) is 0. The van der Waals surface area contributed by atoms with Crippen LogP contribution in [0.15, 0.2) is 22.8 Å². The van der Waals surface area contributed by atoms with E-state index in [2.05, 4.69) is 4.90 Å². The zero-order valence-electron chi connectivity index (χ0n) is 10.9. The van der Waals surface area contributed by atoms with Crippen molar-refractivity contribution in [2.75, 3.05) is 26.7 Å². The lowest BCUT2D eigenvalue weighted by atomic mass is 10.1. The van der Waals surface area contributed by atoms with Crippen molar-refractivity contribution in [3.05, 3.63) is 24.2 Å². The van der Waals surface area contributed by atoms with Crippen molar-refractivity contribution < 1.29 is 13.9 Å². The van der Waals surface area contributed by atoms with Gasteiger partial charge in [0.25, 0.3) is 0 Å². The minimum absolute atomic E-state index is 0.214. The third-order valence-electron chi connectivity index (χ3n) is 3.51. The molecule has 1 saturated heterocycles. The molecule has 1 atom stereocenters. The molecule has 4 nitrogen and oxygen atoms in total. The van der Waals surface area contributed by atoms with E-state index >= 15 is 0 Å². The van der Waals surface area contributed by atoms with Gasteiger partial charge in [0.2, 0.25) is 0 Å². The van der Waals surface area contributed by atoms with Gasteiger partial charge in [-0.15, -0.1) is 0 Å². The van der Waals surface area contributed by atoms with Gasteiger partial charge in [-0.05, 0) is 38.1 Å². The van der Waals surface area contributed by atoms with Crippen LogP contribution in [0.4, 0.5) is 0 Å². The van der Waals surface area contributed by atoms with Crippen LogP contribution in [0.2, 0.25) is 0 Å². The van der Waals surface area contributed by atoms with Crippen molar-refractivity contribution in [3.8, 4) is 0 Å². The molecule has 0 saturated carbocycles. The molecule has 18 heavy (non-hydrogen) atoms.